The molecule has 2 fully saturated rings. The zero-order chi connectivity index (χ0) is 24.9. The molecule has 2 aliphatic heterocycles. The van der Waals surface area contributed by atoms with E-state index in [1.807, 2.05) is 24.3 Å². The standard InChI is InChI=1S/C24H22ClIN2O6S/c1-32-19-11-15(10-18(26)22(19)34-14-16-4-2-3-5-17(16)25)12-20-23(30)28(24(31)35-20)13-21(29)27-6-8-33-9-7-27/h2-5,10-12H,6-9,13-14H2,1H3/b20-12+. The second kappa shape index (κ2) is 11.6. The Morgan fingerprint density at radius 2 is 1.97 bits per heavy atom. The second-order valence-corrected chi connectivity index (χ2v) is 10.2. The maximum atomic E-state index is 12.9. The van der Waals surface area contributed by atoms with Crippen molar-refractivity contribution in [3.63, 3.8) is 0 Å². The molecular formula is C24H22ClIN2O6S. The molecule has 3 amide bonds. The third-order valence-electron chi connectivity index (χ3n) is 5.41. The van der Waals surface area contributed by atoms with Crippen LogP contribution in [0.15, 0.2) is 41.3 Å². The maximum absolute atomic E-state index is 12.9. The first-order valence-electron chi connectivity index (χ1n) is 10.7. The third-order valence-corrected chi connectivity index (χ3v) is 7.49. The second-order valence-electron chi connectivity index (χ2n) is 7.68. The van der Waals surface area contributed by atoms with Crippen molar-refractivity contribution in [2.24, 2.45) is 0 Å². The van der Waals surface area contributed by atoms with Crippen LogP contribution >= 0.6 is 46.0 Å². The number of benzene rings is 2. The van der Waals surface area contributed by atoms with Gasteiger partial charge >= 0.3 is 0 Å². The van der Waals surface area contributed by atoms with Crippen molar-refractivity contribution in [3.05, 3.63) is 61.0 Å². The number of hydrogen-bond donors (Lipinski definition) is 0. The van der Waals surface area contributed by atoms with E-state index in [0.29, 0.717) is 48.4 Å². The van der Waals surface area contributed by atoms with Gasteiger partial charge in [0.1, 0.15) is 13.2 Å². The van der Waals surface area contributed by atoms with Crippen LogP contribution in [0.2, 0.25) is 5.02 Å². The Morgan fingerprint density at radius 1 is 1.23 bits per heavy atom. The SMILES string of the molecule is COc1cc(/C=C2/SC(=O)N(CC(=O)N3CCOCC3)C2=O)cc(I)c1OCc1ccccc1Cl. The van der Waals surface area contributed by atoms with Crippen LogP contribution in [-0.2, 0) is 20.9 Å². The molecule has 0 radical (unpaired) electrons. The number of nitrogens with zero attached hydrogens (tertiary/aromatic N) is 2. The molecule has 2 aromatic rings. The molecule has 0 spiro atoms. The molecule has 4 rings (SSSR count). The summed E-state index contributed by atoms with van der Waals surface area (Å²) < 4.78 is 17.5. The van der Waals surface area contributed by atoms with Gasteiger partial charge in [0.05, 0.1) is 28.8 Å². The first-order chi connectivity index (χ1) is 16.9. The lowest BCUT2D eigenvalue weighted by Gasteiger charge is -2.28. The Kier molecular flexibility index (Phi) is 8.58. The minimum atomic E-state index is -0.491. The molecule has 2 saturated heterocycles. The molecule has 35 heavy (non-hydrogen) atoms. The first-order valence-corrected chi connectivity index (χ1v) is 13.0. The molecule has 8 nitrogen and oxygen atoms in total. The van der Waals surface area contributed by atoms with Gasteiger partial charge in [-0.2, -0.15) is 0 Å². The summed E-state index contributed by atoms with van der Waals surface area (Å²) in [6.45, 7) is 1.79. The molecule has 11 heteroatoms. The molecule has 0 saturated carbocycles. The van der Waals surface area contributed by atoms with Gasteiger partial charge < -0.3 is 19.1 Å². The van der Waals surface area contributed by atoms with Crippen molar-refractivity contribution in [2.45, 2.75) is 6.61 Å². The van der Waals surface area contributed by atoms with Crippen molar-refractivity contribution >= 4 is 69.1 Å². The molecule has 0 aromatic heterocycles. The minimum Gasteiger partial charge on any atom is -0.493 e. The van der Waals surface area contributed by atoms with Crippen LogP contribution in [0.4, 0.5) is 4.79 Å². The molecule has 184 valence electrons. The van der Waals surface area contributed by atoms with Crippen LogP contribution < -0.4 is 9.47 Å². The molecule has 0 unspecified atom stereocenters. The highest BCUT2D eigenvalue weighted by atomic mass is 127. The lowest BCUT2D eigenvalue weighted by atomic mass is 10.1. The first kappa shape index (κ1) is 25.8. The number of ether oxygens (including phenoxy) is 3. The highest BCUT2D eigenvalue weighted by molar-refractivity contribution is 14.1. The summed E-state index contributed by atoms with van der Waals surface area (Å²) in [7, 11) is 1.53. The monoisotopic (exact) mass is 628 g/mol. The van der Waals surface area contributed by atoms with Crippen molar-refractivity contribution in [2.75, 3.05) is 40.0 Å². The van der Waals surface area contributed by atoms with Crippen molar-refractivity contribution in [1.82, 2.24) is 9.80 Å². The van der Waals surface area contributed by atoms with E-state index in [1.165, 1.54) is 7.11 Å². The fourth-order valence-electron chi connectivity index (χ4n) is 3.56. The summed E-state index contributed by atoms with van der Waals surface area (Å²) in [5, 5.41) is 0.144. The van der Waals surface area contributed by atoms with Crippen molar-refractivity contribution in [1.29, 1.82) is 0 Å². The fraction of sp³-hybridized carbons (Fsp3) is 0.292. The zero-order valence-corrected chi connectivity index (χ0v) is 22.5. The predicted octanol–water partition coefficient (Wildman–Crippen LogP) is 4.43. The number of rotatable bonds is 7. The number of morpholine rings is 1. The van der Waals surface area contributed by atoms with Gasteiger partial charge in [0, 0.05) is 23.7 Å². The Balaban J connectivity index is 1.49. The number of imide groups is 1. The summed E-state index contributed by atoms with van der Waals surface area (Å²) >= 11 is 9.16. The predicted molar refractivity (Wildman–Crippen MR) is 142 cm³/mol. The summed E-state index contributed by atoms with van der Waals surface area (Å²) in [5.74, 6) is 0.272. The molecule has 2 heterocycles. The fourth-order valence-corrected chi connectivity index (χ4v) is 5.37. The molecular weight excluding hydrogens is 607 g/mol. The van der Waals surface area contributed by atoms with Gasteiger partial charge in [0.25, 0.3) is 11.1 Å². The lowest BCUT2D eigenvalue weighted by Crippen LogP contribution is -2.46. The Morgan fingerprint density at radius 3 is 2.69 bits per heavy atom. The number of carbonyl (C=O) groups excluding carboxylic acids is 3. The van der Waals surface area contributed by atoms with Gasteiger partial charge in [-0.15, -0.1) is 0 Å². The topological polar surface area (TPSA) is 85.4 Å². The molecule has 2 aromatic carbocycles. The number of halogens is 2. The maximum Gasteiger partial charge on any atom is 0.294 e. The average molecular weight is 629 g/mol. The van der Waals surface area contributed by atoms with Crippen LogP contribution in [0.3, 0.4) is 0 Å². The van der Waals surface area contributed by atoms with E-state index in [1.54, 1.807) is 23.1 Å². The normalized spacial score (nSPS) is 17.3. The number of thioether (sulfide) groups is 1. The molecule has 0 atom stereocenters. The summed E-state index contributed by atoms with van der Waals surface area (Å²) in [4.78, 5) is 40.7. The largest absolute Gasteiger partial charge is 0.493 e. The van der Waals surface area contributed by atoms with Crippen LogP contribution in [0.25, 0.3) is 6.08 Å². The molecule has 2 aliphatic rings. The van der Waals surface area contributed by atoms with Gasteiger partial charge in [0.2, 0.25) is 5.91 Å². The Bertz CT molecular complexity index is 1180. The summed E-state index contributed by atoms with van der Waals surface area (Å²) in [6, 6.07) is 11.0. The zero-order valence-electron chi connectivity index (χ0n) is 18.8. The highest BCUT2D eigenvalue weighted by Crippen LogP contribution is 2.38. The molecule has 0 bridgehead atoms. The van der Waals surface area contributed by atoms with Gasteiger partial charge in [-0.3, -0.25) is 19.3 Å². The van der Waals surface area contributed by atoms with Crippen LogP contribution in [-0.4, -0.2) is 66.8 Å². The van der Waals surface area contributed by atoms with Crippen LogP contribution in [0.1, 0.15) is 11.1 Å². The lowest BCUT2D eigenvalue weighted by molar-refractivity contribution is -0.139. The van der Waals surface area contributed by atoms with Crippen molar-refractivity contribution in [3.8, 4) is 11.5 Å². The number of methoxy groups -OCH3 is 1. The van der Waals surface area contributed by atoms with E-state index in [9.17, 15) is 14.4 Å². The smallest absolute Gasteiger partial charge is 0.294 e. The Hall–Kier alpha value is -2.28. The summed E-state index contributed by atoms with van der Waals surface area (Å²) in [6.07, 6.45) is 1.62. The van der Waals surface area contributed by atoms with E-state index < -0.39 is 11.1 Å². The van der Waals surface area contributed by atoms with Gasteiger partial charge in [-0.25, -0.2) is 0 Å². The van der Waals surface area contributed by atoms with E-state index >= 15 is 0 Å². The summed E-state index contributed by atoms with van der Waals surface area (Å²) in [5.41, 5.74) is 1.51. The van der Waals surface area contributed by atoms with E-state index in [2.05, 4.69) is 22.6 Å². The number of carbonyl (C=O) groups is 3. The van der Waals surface area contributed by atoms with Gasteiger partial charge in [-0.05, 0) is 64.2 Å². The average Bonchev–Trinajstić information content (AvgIpc) is 3.11. The quantitative estimate of drug-likeness (QED) is 0.332. The number of amides is 3. The van der Waals surface area contributed by atoms with E-state index in [4.69, 9.17) is 25.8 Å². The third kappa shape index (κ3) is 6.11. The van der Waals surface area contributed by atoms with E-state index in [0.717, 1.165) is 25.8 Å². The van der Waals surface area contributed by atoms with E-state index in [-0.39, 0.29) is 24.0 Å². The van der Waals surface area contributed by atoms with Gasteiger partial charge in [-0.1, -0.05) is 29.8 Å². The van der Waals surface area contributed by atoms with Crippen LogP contribution in [0, 0.1) is 3.57 Å². The number of hydrogen-bond acceptors (Lipinski definition) is 7. The molecule has 0 N–H and O–H groups in total. The van der Waals surface area contributed by atoms with Crippen LogP contribution in [0.5, 0.6) is 11.5 Å². The molecule has 0 aliphatic carbocycles. The Labute approximate surface area is 225 Å². The highest BCUT2D eigenvalue weighted by Gasteiger charge is 2.37. The van der Waals surface area contributed by atoms with Crippen molar-refractivity contribution < 1.29 is 28.6 Å². The van der Waals surface area contributed by atoms with Gasteiger partial charge in [0.15, 0.2) is 11.5 Å². The minimum absolute atomic E-state index is 0.243.